The molecule has 0 aliphatic carbocycles. The summed E-state index contributed by atoms with van der Waals surface area (Å²) in [6.07, 6.45) is 1.62. The molecule has 0 unspecified atom stereocenters. The van der Waals surface area contributed by atoms with Gasteiger partial charge in [-0.1, -0.05) is 6.07 Å². The van der Waals surface area contributed by atoms with Gasteiger partial charge in [0.1, 0.15) is 5.75 Å². The number of hydrogen-bond acceptors (Lipinski definition) is 6. The number of benzene rings is 2. The number of hydrogen-bond donors (Lipinski definition) is 1. The molecule has 0 saturated carbocycles. The Morgan fingerprint density at radius 1 is 1.07 bits per heavy atom. The maximum Gasteiger partial charge on any atom is 0.419 e. The minimum atomic E-state index is -3.84. The molecule has 2 aromatic carbocycles. The molecule has 0 aliphatic heterocycles. The van der Waals surface area contributed by atoms with E-state index in [1.54, 1.807) is 48.7 Å². The zero-order chi connectivity index (χ0) is 19.7. The second kappa shape index (κ2) is 6.86. The van der Waals surface area contributed by atoms with Crippen LogP contribution >= 0.6 is 0 Å². The Balaban J connectivity index is 1.56. The van der Waals surface area contributed by atoms with Gasteiger partial charge in [0.25, 0.3) is 10.0 Å². The van der Waals surface area contributed by atoms with Crippen LogP contribution in [0.1, 0.15) is 0 Å². The standard InChI is InChI=1S/C19H15N3O5S/c1-22-16-12-15(9-10-17(16)27-19(22)23)28(24,25)21-13-5-7-14(8-6-13)26-18-4-2-3-11-20-18/h2-12,21H,1H3. The lowest BCUT2D eigenvalue weighted by atomic mass is 10.3. The van der Waals surface area contributed by atoms with E-state index in [9.17, 15) is 13.2 Å². The highest BCUT2D eigenvalue weighted by Gasteiger charge is 2.17. The van der Waals surface area contributed by atoms with Gasteiger partial charge >= 0.3 is 5.76 Å². The van der Waals surface area contributed by atoms with Gasteiger partial charge in [-0.3, -0.25) is 9.29 Å². The quantitative estimate of drug-likeness (QED) is 0.555. The van der Waals surface area contributed by atoms with E-state index in [1.807, 2.05) is 0 Å². The zero-order valence-corrected chi connectivity index (χ0v) is 15.5. The Kier molecular flexibility index (Phi) is 4.36. The van der Waals surface area contributed by atoms with Crippen LogP contribution < -0.4 is 15.2 Å². The number of ether oxygens (including phenoxy) is 1. The van der Waals surface area contributed by atoms with Crippen LogP contribution in [0, 0.1) is 0 Å². The van der Waals surface area contributed by atoms with E-state index in [4.69, 9.17) is 9.15 Å². The first kappa shape index (κ1) is 17.8. The molecule has 2 aromatic heterocycles. The molecule has 0 aliphatic rings. The third-order valence-corrected chi connectivity index (χ3v) is 5.42. The Bertz CT molecular complexity index is 1290. The van der Waals surface area contributed by atoms with Crippen LogP contribution in [0.3, 0.4) is 0 Å². The summed E-state index contributed by atoms with van der Waals surface area (Å²) in [5.74, 6) is 0.410. The van der Waals surface area contributed by atoms with Crippen molar-refractivity contribution in [1.82, 2.24) is 9.55 Å². The first-order chi connectivity index (χ1) is 13.4. The molecule has 0 atom stereocenters. The minimum Gasteiger partial charge on any atom is -0.439 e. The van der Waals surface area contributed by atoms with Crippen molar-refractivity contribution in [3.8, 4) is 11.6 Å². The second-order valence-electron chi connectivity index (χ2n) is 5.96. The third-order valence-electron chi connectivity index (χ3n) is 4.04. The number of nitrogens with one attached hydrogen (secondary N) is 1. The molecular weight excluding hydrogens is 382 g/mol. The summed E-state index contributed by atoms with van der Waals surface area (Å²) in [5.41, 5.74) is 1.09. The maximum atomic E-state index is 12.7. The summed E-state index contributed by atoms with van der Waals surface area (Å²) in [7, 11) is -2.33. The molecule has 142 valence electrons. The van der Waals surface area contributed by atoms with E-state index < -0.39 is 15.8 Å². The van der Waals surface area contributed by atoms with Gasteiger partial charge in [-0.05, 0) is 48.5 Å². The topological polar surface area (TPSA) is 103 Å². The summed E-state index contributed by atoms with van der Waals surface area (Å²) in [6.45, 7) is 0. The predicted octanol–water partition coefficient (Wildman–Crippen LogP) is 3.12. The molecule has 9 heteroatoms. The third kappa shape index (κ3) is 3.47. The van der Waals surface area contributed by atoms with Gasteiger partial charge in [-0.15, -0.1) is 0 Å². The number of pyridine rings is 1. The molecule has 0 saturated heterocycles. The van der Waals surface area contributed by atoms with Crippen molar-refractivity contribution in [2.75, 3.05) is 4.72 Å². The molecule has 4 aromatic rings. The lowest BCUT2D eigenvalue weighted by Crippen LogP contribution is -2.13. The Morgan fingerprint density at radius 3 is 2.57 bits per heavy atom. The van der Waals surface area contributed by atoms with Crippen LogP contribution in [0.25, 0.3) is 11.1 Å². The van der Waals surface area contributed by atoms with Gasteiger partial charge in [-0.2, -0.15) is 0 Å². The number of nitrogens with zero attached hydrogens (tertiary/aromatic N) is 2. The summed E-state index contributed by atoms with van der Waals surface area (Å²) >= 11 is 0. The lowest BCUT2D eigenvalue weighted by Gasteiger charge is -2.09. The highest BCUT2D eigenvalue weighted by atomic mass is 32.2. The van der Waals surface area contributed by atoms with Crippen molar-refractivity contribution in [1.29, 1.82) is 0 Å². The van der Waals surface area contributed by atoms with Crippen LogP contribution in [0.15, 0.2) is 81.0 Å². The average molecular weight is 397 g/mol. The van der Waals surface area contributed by atoms with Gasteiger partial charge in [0.05, 0.1) is 10.4 Å². The molecule has 28 heavy (non-hydrogen) atoms. The smallest absolute Gasteiger partial charge is 0.419 e. The molecule has 0 fully saturated rings. The van der Waals surface area contributed by atoms with Crippen molar-refractivity contribution in [3.05, 3.63) is 77.4 Å². The van der Waals surface area contributed by atoms with E-state index in [0.29, 0.717) is 28.4 Å². The molecule has 0 bridgehead atoms. The van der Waals surface area contributed by atoms with Crippen LogP contribution in [-0.2, 0) is 17.1 Å². The van der Waals surface area contributed by atoms with Crippen LogP contribution in [0.5, 0.6) is 11.6 Å². The van der Waals surface area contributed by atoms with Gasteiger partial charge in [0.15, 0.2) is 5.58 Å². The van der Waals surface area contributed by atoms with E-state index >= 15 is 0 Å². The summed E-state index contributed by atoms with van der Waals surface area (Å²) in [5, 5.41) is 0. The van der Waals surface area contributed by atoms with Crippen molar-refractivity contribution in [3.63, 3.8) is 0 Å². The number of anilines is 1. The first-order valence-corrected chi connectivity index (χ1v) is 9.72. The van der Waals surface area contributed by atoms with E-state index in [1.165, 1.54) is 29.8 Å². The molecule has 8 nitrogen and oxygen atoms in total. The Labute approximate surface area is 160 Å². The van der Waals surface area contributed by atoms with E-state index in [-0.39, 0.29) is 4.90 Å². The monoisotopic (exact) mass is 397 g/mol. The fraction of sp³-hybridized carbons (Fsp3) is 0.0526. The van der Waals surface area contributed by atoms with Crippen molar-refractivity contribution >= 4 is 26.8 Å². The molecule has 1 N–H and O–H groups in total. The molecule has 0 radical (unpaired) electrons. The van der Waals surface area contributed by atoms with E-state index in [0.717, 1.165) is 0 Å². The largest absolute Gasteiger partial charge is 0.439 e. The number of oxazole rings is 1. The van der Waals surface area contributed by atoms with Crippen molar-refractivity contribution < 1.29 is 17.6 Å². The molecule has 4 rings (SSSR count). The summed E-state index contributed by atoms with van der Waals surface area (Å²) < 4.78 is 39.7. The first-order valence-electron chi connectivity index (χ1n) is 8.24. The highest BCUT2D eigenvalue weighted by Crippen LogP contribution is 2.24. The summed E-state index contributed by atoms with van der Waals surface area (Å²) in [4.78, 5) is 15.7. The number of fused-ring (bicyclic) bond motifs is 1. The highest BCUT2D eigenvalue weighted by molar-refractivity contribution is 7.92. The van der Waals surface area contributed by atoms with Crippen LogP contribution in [0.4, 0.5) is 5.69 Å². The SMILES string of the molecule is Cn1c(=O)oc2ccc(S(=O)(=O)Nc3ccc(Oc4ccccn4)cc3)cc21. The fourth-order valence-electron chi connectivity index (χ4n) is 2.61. The molecule has 0 amide bonds. The van der Waals surface area contributed by atoms with Crippen molar-refractivity contribution in [2.24, 2.45) is 7.05 Å². The lowest BCUT2D eigenvalue weighted by molar-refractivity contribution is 0.463. The number of aromatic nitrogens is 2. The number of aryl methyl sites for hydroxylation is 1. The Morgan fingerprint density at radius 2 is 1.86 bits per heavy atom. The van der Waals surface area contributed by atoms with Gasteiger partial charge in [-0.25, -0.2) is 18.2 Å². The van der Waals surface area contributed by atoms with Crippen LogP contribution in [0.2, 0.25) is 0 Å². The minimum absolute atomic E-state index is 0.0187. The second-order valence-corrected chi connectivity index (χ2v) is 7.64. The Hall–Kier alpha value is -3.59. The van der Waals surface area contributed by atoms with Gasteiger partial charge in [0, 0.05) is 25.0 Å². The van der Waals surface area contributed by atoms with Crippen molar-refractivity contribution in [2.45, 2.75) is 4.90 Å². The van der Waals surface area contributed by atoms with Crippen LogP contribution in [-0.4, -0.2) is 18.0 Å². The van der Waals surface area contributed by atoms with Gasteiger partial charge < -0.3 is 9.15 Å². The van der Waals surface area contributed by atoms with Gasteiger partial charge in [0.2, 0.25) is 5.88 Å². The van der Waals surface area contributed by atoms with E-state index in [2.05, 4.69) is 9.71 Å². The predicted molar refractivity (Wildman–Crippen MR) is 103 cm³/mol. The number of rotatable bonds is 5. The average Bonchev–Trinajstić information content (AvgIpc) is 2.97. The molecule has 0 spiro atoms. The maximum absolute atomic E-state index is 12.7. The number of sulfonamides is 1. The molecular formula is C19H15N3O5S. The molecule has 2 heterocycles. The normalized spacial score (nSPS) is 11.5. The zero-order valence-electron chi connectivity index (χ0n) is 14.7. The fourth-order valence-corrected chi connectivity index (χ4v) is 3.69. The summed E-state index contributed by atoms with van der Waals surface area (Å²) in [6, 6.07) is 16.0.